The Morgan fingerprint density at radius 2 is 2.19 bits per heavy atom. The van der Waals surface area contributed by atoms with Crippen LogP contribution in [0.25, 0.3) is 0 Å². The van der Waals surface area contributed by atoms with E-state index in [9.17, 15) is 0 Å². The van der Waals surface area contributed by atoms with Gasteiger partial charge in [0.15, 0.2) is 0 Å². The van der Waals surface area contributed by atoms with Gasteiger partial charge >= 0.3 is 0 Å². The zero-order valence-electron chi connectivity index (χ0n) is 14.9. The maximum atomic E-state index is 5.91. The maximum Gasteiger partial charge on any atom is 0.120 e. The van der Waals surface area contributed by atoms with Crippen molar-refractivity contribution in [3.05, 3.63) is 65.0 Å². The number of nitrogens with one attached hydrogen (secondary N) is 2. The highest BCUT2D eigenvalue weighted by Crippen LogP contribution is 2.22. The van der Waals surface area contributed by atoms with Crippen LogP contribution >= 0.6 is 11.6 Å². The van der Waals surface area contributed by atoms with Gasteiger partial charge in [-0.05, 0) is 30.3 Å². The largest absolute Gasteiger partial charge is 0.493 e. The molecule has 0 aliphatic carbocycles. The molecular weight excluding hydrogens is 366 g/mol. The molecule has 0 bridgehead atoms. The van der Waals surface area contributed by atoms with Crippen molar-refractivity contribution in [2.75, 3.05) is 26.3 Å². The molecule has 3 aromatic rings. The van der Waals surface area contributed by atoms with Crippen molar-refractivity contribution in [1.29, 1.82) is 0 Å². The van der Waals surface area contributed by atoms with Gasteiger partial charge in [0.25, 0.3) is 0 Å². The molecule has 0 amide bonds. The topological polar surface area (TPSA) is 79.1 Å². The van der Waals surface area contributed by atoms with E-state index in [2.05, 4.69) is 31.1 Å². The molecule has 8 heteroatoms. The molecule has 1 aliphatic heterocycles. The third-order valence-corrected chi connectivity index (χ3v) is 4.77. The lowest BCUT2D eigenvalue weighted by molar-refractivity contribution is -0.0356. The number of H-pyrrole nitrogens is 2. The van der Waals surface area contributed by atoms with Gasteiger partial charge < -0.3 is 14.5 Å². The smallest absolute Gasteiger partial charge is 0.120 e. The maximum absolute atomic E-state index is 5.91. The van der Waals surface area contributed by atoms with Crippen LogP contribution in [0.4, 0.5) is 0 Å². The van der Waals surface area contributed by atoms with Crippen molar-refractivity contribution in [3.63, 3.8) is 0 Å². The van der Waals surface area contributed by atoms with Crippen molar-refractivity contribution in [2.45, 2.75) is 19.1 Å². The van der Waals surface area contributed by atoms with Crippen LogP contribution < -0.4 is 4.74 Å². The summed E-state index contributed by atoms with van der Waals surface area (Å²) in [5.41, 5.74) is 1.96. The summed E-state index contributed by atoms with van der Waals surface area (Å²) in [5, 5.41) is 8.23. The molecule has 1 saturated heterocycles. The first-order valence-corrected chi connectivity index (χ1v) is 9.39. The summed E-state index contributed by atoms with van der Waals surface area (Å²) in [6, 6.07) is 9.43. The van der Waals surface area contributed by atoms with Crippen LogP contribution in [0.2, 0.25) is 5.02 Å². The molecular formula is C19H22ClN5O2. The van der Waals surface area contributed by atoms with Crippen LogP contribution in [0.15, 0.2) is 42.7 Å². The zero-order chi connectivity index (χ0) is 18.5. The van der Waals surface area contributed by atoms with Gasteiger partial charge in [-0.2, -0.15) is 5.10 Å². The Morgan fingerprint density at radius 3 is 3.00 bits per heavy atom. The number of ether oxygens (including phenoxy) is 2. The molecule has 2 aromatic heterocycles. The summed E-state index contributed by atoms with van der Waals surface area (Å²) < 4.78 is 11.7. The van der Waals surface area contributed by atoms with Crippen LogP contribution in [0.3, 0.4) is 0 Å². The fourth-order valence-electron chi connectivity index (χ4n) is 3.10. The second-order valence-electron chi connectivity index (χ2n) is 6.50. The Morgan fingerprint density at radius 1 is 1.30 bits per heavy atom. The highest BCUT2D eigenvalue weighted by molar-refractivity contribution is 6.30. The third kappa shape index (κ3) is 4.88. The summed E-state index contributed by atoms with van der Waals surface area (Å²) in [7, 11) is 0. The SMILES string of the molecule is Clc1ccc(OCCc2cc(C3CN(Cc4ncc[nH]4)CCO3)n[nH]2)cc1. The van der Waals surface area contributed by atoms with Gasteiger partial charge in [0.2, 0.25) is 0 Å². The van der Waals surface area contributed by atoms with E-state index < -0.39 is 0 Å². The first-order valence-electron chi connectivity index (χ1n) is 9.01. The van der Waals surface area contributed by atoms with E-state index in [1.165, 1.54) is 0 Å². The van der Waals surface area contributed by atoms with Crippen LogP contribution in [-0.2, 0) is 17.7 Å². The highest BCUT2D eigenvalue weighted by Gasteiger charge is 2.24. The Balaban J connectivity index is 1.28. The quantitative estimate of drug-likeness (QED) is 0.651. The molecule has 1 fully saturated rings. The Bertz CT molecular complexity index is 834. The molecule has 3 heterocycles. The van der Waals surface area contributed by atoms with Crippen LogP contribution in [-0.4, -0.2) is 51.4 Å². The van der Waals surface area contributed by atoms with E-state index >= 15 is 0 Å². The lowest BCUT2D eigenvalue weighted by Crippen LogP contribution is -2.38. The molecule has 1 aromatic carbocycles. The molecule has 0 spiro atoms. The van der Waals surface area contributed by atoms with Crippen molar-refractivity contribution in [2.24, 2.45) is 0 Å². The molecule has 1 atom stereocenters. The lowest BCUT2D eigenvalue weighted by atomic mass is 10.2. The molecule has 1 unspecified atom stereocenters. The minimum absolute atomic E-state index is 0.0316. The average molecular weight is 388 g/mol. The van der Waals surface area contributed by atoms with Gasteiger partial charge in [-0.15, -0.1) is 0 Å². The second-order valence-corrected chi connectivity index (χ2v) is 6.94. The van der Waals surface area contributed by atoms with E-state index in [0.29, 0.717) is 18.2 Å². The van der Waals surface area contributed by atoms with E-state index in [0.717, 1.165) is 49.0 Å². The normalized spacial score (nSPS) is 17.9. The number of halogens is 1. The van der Waals surface area contributed by atoms with Crippen LogP contribution in [0, 0.1) is 0 Å². The molecule has 27 heavy (non-hydrogen) atoms. The number of aromatic nitrogens is 4. The molecule has 7 nitrogen and oxygen atoms in total. The van der Waals surface area contributed by atoms with Crippen molar-refractivity contribution < 1.29 is 9.47 Å². The third-order valence-electron chi connectivity index (χ3n) is 4.51. The van der Waals surface area contributed by atoms with Crippen molar-refractivity contribution in [3.8, 4) is 5.75 Å². The molecule has 142 valence electrons. The first-order chi connectivity index (χ1) is 13.3. The summed E-state index contributed by atoms with van der Waals surface area (Å²) >= 11 is 5.88. The van der Waals surface area contributed by atoms with Gasteiger partial charge in [0, 0.05) is 42.6 Å². The van der Waals surface area contributed by atoms with Gasteiger partial charge in [-0.3, -0.25) is 10.00 Å². The molecule has 4 rings (SSSR count). The number of nitrogens with zero attached hydrogens (tertiary/aromatic N) is 3. The predicted molar refractivity (Wildman–Crippen MR) is 102 cm³/mol. The summed E-state index contributed by atoms with van der Waals surface area (Å²) in [6.45, 7) is 3.74. The molecule has 0 saturated carbocycles. The van der Waals surface area contributed by atoms with Crippen LogP contribution in [0.5, 0.6) is 5.75 Å². The number of hydrogen-bond acceptors (Lipinski definition) is 5. The summed E-state index contributed by atoms with van der Waals surface area (Å²) in [5.74, 6) is 1.78. The van der Waals surface area contributed by atoms with Gasteiger partial charge in [-0.1, -0.05) is 11.6 Å². The van der Waals surface area contributed by atoms with E-state index in [1.807, 2.05) is 30.5 Å². The number of benzene rings is 1. The predicted octanol–water partition coefficient (Wildman–Crippen LogP) is 2.98. The first kappa shape index (κ1) is 18.0. The average Bonchev–Trinajstić information content (AvgIpc) is 3.36. The number of aromatic amines is 2. The standard InChI is InChI=1S/C19H22ClN5O2/c20-14-1-3-16(4-2-14)26-9-5-15-11-17(24-23-15)18-12-25(8-10-27-18)13-19-21-6-7-22-19/h1-4,6-7,11,18H,5,8-10,12-13H2,(H,21,22)(H,23,24). The summed E-state index contributed by atoms with van der Waals surface area (Å²) in [6.07, 6.45) is 4.34. The van der Waals surface area contributed by atoms with E-state index in [4.69, 9.17) is 21.1 Å². The van der Waals surface area contributed by atoms with Crippen LogP contribution in [0.1, 0.15) is 23.3 Å². The highest BCUT2D eigenvalue weighted by atomic mass is 35.5. The fraction of sp³-hybridized carbons (Fsp3) is 0.368. The molecule has 1 aliphatic rings. The minimum Gasteiger partial charge on any atom is -0.493 e. The Kier molecular flexibility index (Phi) is 5.72. The molecule has 2 N–H and O–H groups in total. The van der Waals surface area contributed by atoms with Gasteiger partial charge in [-0.25, -0.2) is 4.98 Å². The lowest BCUT2D eigenvalue weighted by Gasteiger charge is -2.31. The minimum atomic E-state index is -0.0316. The van der Waals surface area contributed by atoms with E-state index in [1.54, 1.807) is 6.20 Å². The Labute approximate surface area is 162 Å². The van der Waals surface area contributed by atoms with Crippen molar-refractivity contribution >= 4 is 11.6 Å². The molecule has 0 radical (unpaired) electrons. The van der Waals surface area contributed by atoms with E-state index in [-0.39, 0.29) is 6.10 Å². The Hall–Kier alpha value is -2.35. The number of morpholine rings is 1. The van der Waals surface area contributed by atoms with Gasteiger partial charge in [0.1, 0.15) is 17.7 Å². The summed E-state index contributed by atoms with van der Waals surface area (Å²) in [4.78, 5) is 9.77. The number of imidazole rings is 1. The van der Waals surface area contributed by atoms with Gasteiger partial charge in [0.05, 0.1) is 25.5 Å². The zero-order valence-corrected chi connectivity index (χ0v) is 15.7. The van der Waals surface area contributed by atoms with Crippen molar-refractivity contribution in [1.82, 2.24) is 25.1 Å². The fourth-order valence-corrected chi connectivity index (χ4v) is 3.23. The number of rotatable bonds is 7. The second kappa shape index (κ2) is 8.56. The number of hydrogen-bond donors (Lipinski definition) is 2. The monoisotopic (exact) mass is 387 g/mol.